The molecule has 8 heteroatoms. The number of benzene rings is 1. The van der Waals surface area contributed by atoms with Crippen LogP contribution in [0.25, 0.3) is 0 Å². The van der Waals surface area contributed by atoms with E-state index in [1.165, 1.54) is 12.1 Å². The predicted molar refractivity (Wildman–Crippen MR) is 66.9 cm³/mol. The van der Waals surface area contributed by atoms with Gasteiger partial charge in [0.15, 0.2) is 6.10 Å². The van der Waals surface area contributed by atoms with Crippen molar-refractivity contribution in [2.24, 2.45) is 0 Å². The summed E-state index contributed by atoms with van der Waals surface area (Å²) in [5.41, 5.74) is 5.77. The van der Waals surface area contributed by atoms with Crippen molar-refractivity contribution in [2.75, 3.05) is 12.3 Å². The standard InChI is InChI=1S/C10H10Cl2N2O4/c11-5-1-4(2-6(12)8(5)13)9(16)14-3-7(15)10(17)18/h1-2,7,15H,3,13H2,(H,14,16)(H,17,18)/t7-/m0/s1. The van der Waals surface area contributed by atoms with Crippen LogP contribution in [0.4, 0.5) is 5.69 Å². The molecule has 98 valence electrons. The van der Waals surface area contributed by atoms with E-state index in [0.717, 1.165) is 0 Å². The molecule has 0 spiro atoms. The number of amides is 1. The van der Waals surface area contributed by atoms with Crippen molar-refractivity contribution in [1.82, 2.24) is 5.32 Å². The minimum Gasteiger partial charge on any atom is -0.479 e. The number of carboxylic acids is 1. The number of nitrogen functional groups attached to an aromatic ring is 1. The summed E-state index contributed by atoms with van der Waals surface area (Å²) < 4.78 is 0. The third-order valence-corrected chi connectivity index (χ3v) is 2.71. The Hall–Kier alpha value is -1.50. The molecule has 0 unspecified atom stereocenters. The van der Waals surface area contributed by atoms with E-state index in [2.05, 4.69) is 5.32 Å². The summed E-state index contributed by atoms with van der Waals surface area (Å²) >= 11 is 11.5. The van der Waals surface area contributed by atoms with Crippen LogP contribution in [-0.4, -0.2) is 34.7 Å². The fourth-order valence-electron chi connectivity index (χ4n) is 1.09. The fraction of sp³-hybridized carbons (Fsp3) is 0.200. The molecule has 5 N–H and O–H groups in total. The number of carbonyl (C=O) groups is 2. The molecule has 0 fully saturated rings. The molecule has 0 aliphatic heterocycles. The molecule has 0 saturated carbocycles. The van der Waals surface area contributed by atoms with Crippen molar-refractivity contribution in [1.29, 1.82) is 0 Å². The maximum absolute atomic E-state index is 11.6. The third-order valence-electron chi connectivity index (χ3n) is 2.08. The zero-order chi connectivity index (χ0) is 13.9. The third kappa shape index (κ3) is 3.49. The quantitative estimate of drug-likeness (QED) is 0.612. The number of carbonyl (C=O) groups excluding carboxylic acids is 1. The zero-order valence-corrected chi connectivity index (χ0v) is 10.5. The van der Waals surface area contributed by atoms with Crippen molar-refractivity contribution < 1.29 is 19.8 Å². The Kier molecular flexibility index (Phi) is 4.77. The molecule has 1 atom stereocenters. The van der Waals surface area contributed by atoms with Gasteiger partial charge < -0.3 is 21.3 Å². The second-order valence-electron chi connectivity index (χ2n) is 3.42. The highest BCUT2D eigenvalue weighted by Gasteiger charge is 2.16. The second-order valence-corrected chi connectivity index (χ2v) is 4.23. The number of nitrogens with one attached hydrogen (secondary N) is 1. The molecular weight excluding hydrogens is 283 g/mol. The lowest BCUT2D eigenvalue weighted by atomic mass is 10.2. The van der Waals surface area contributed by atoms with E-state index in [1.807, 2.05) is 0 Å². The van der Waals surface area contributed by atoms with Crippen LogP contribution in [0.5, 0.6) is 0 Å². The first-order chi connectivity index (χ1) is 8.32. The van der Waals surface area contributed by atoms with Crippen molar-refractivity contribution in [2.45, 2.75) is 6.10 Å². The van der Waals surface area contributed by atoms with Crippen molar-refractivity contribution in [3.8, 4) is 0 Å². The van der Waals surface area contributed by atoms with Gasteiger partial charge in [-0.1, -0.05) is 23.2 Å². The Bertz CT molecular complexity index is 470. The van der Waals surface area contributed by atoms with Gasteiger partial charge in [0.2, 0.25) is 0 Å². The monoisotopic (exact) mass is 292 g/mol. The highest BCUT2D eigenvalue weighted by molar-refractivity contribution is 6.39. The van der Waals surface area contributed by atoms with Crippen LogP contribution >= 0.6 is 23.2 Å². The topological polar surface area (TPSA) is 113 Å². The van der Waals surface area contributed by atoms with Crippen LogP contribution in [0.1, 0.15) is 10.4 Å². The van der Waals surface area contributed by atoms with Crippen LogP contribution in [0.15, 0.2) is 12.1 Å². The number of aliphatic carboxylic acids is 1. The number of hydrogen-bond donors (Lipinski definition) is 4. The maximum atomic E-state index is 11.6. The van der Waals surface area contributed by atoms with Crippen LogP contribution in [0.2, 0.25) is 10.0 Å². The smallest absolute Gasteiger partial charge is 0.334 e. The van der Waals surface area contributed by atoms with Crippen LogP contribution in [0, 0.1) is 0 Å². The lowest BCUT2D eigenvalue weighted by molar-refractivity contribution is -0.146. The molecule has 0 aromatic heterocycles. The van der Waals surface area contributed by atoms with E-state index in [1.54, 1.807) is 0 Å². The number of rotatable bonds is 4. The van der Waals surface area contributed by atoms with E-state index in [9.17, 15) is 9.59 Å². The molecule has 0 heterocycles. The molecule has 1 rings (SSSR count). The molecule has 0 radical (unpaired) electrons. The normalized spacial score (nSPS) is 11.9. The van der Waals surface area contributed by atoms with E-state index in [0.29, 0.717) is 0 Å². The Morgan fingerprint density at radius 1 is 1.33 bits per heavy atom. The van der Waals surface area contributed by atoms with Gasteiger partial charge in [-0.3, -0.25) is 4.79 Å². The first-order valence-electron chi connectivity index (χ1n) is 4.76. The molecule has 0 saturated heterocycles. The molecular formula is C10H10Cl2N2O4. The van der Waals surface area contributed by atoms with Gasteiger partial charge in [0.1, 0.15) is 0 Å². The molecule has 0 bridgehead atoms. The number of anilines is 1. The summed E-state index contributed by atoms with van der Waals surface area (Å²) in [5, 5.41) is 19.9. The van der Waals surface area contributed by atoms with Crippen LogP contribution < -0.4 is 11.1 Å². The summed E-state index contributed by atoms with van der Waals surface area (Å²) in [6.45, 7) is -0.423. The summed E-state index contributed by atoms with van der Waals surface area (Å²) in [6, 6.07) is 2.59. The SMILES string of the molecule is Nc1c(Cl)cc(C(=O)NC[C@H](O)C(=O)O)cc1Cl. The van der Waals surface area contributed by atoms with Crippen molar-refractivity contribution in [3.05, 3.63) is 27.7 Å². The molecule has 1 amide bonds. The van der Waals surface area contributed by atoms with Crippen molar-refractivity contribution >= 4 is 40.8 Å². The predicted octanol–water partition coefficient (Wildman–Crippen LogP) is 0.751. The minimum atomic E-state index is -1.67. The lowest BCUT2D eigenvalue weighted by Gasteiger charge is -2.09. The van der Waals surface area contributed by atoms with Crippen LogP contribution in [0.3, 0.4) is 0 Å². The molecule has 18 heavy (non-hydrogen) atoms. The van der Waals surface area contributed by atoms with Gasteiger partial charge in [-0.05, 0) is 12.1 Å². The second kappa shape index (κ2) is 5.90. The van der Waals surface area contributed by atoms with E-state index in [4.69, 9.17) is 39.1 Å². The Morgan fingerprint density at radius 3 is 2.28 bits per heavy atom. The highest BCUT2D eigenvalue weighted by atomic mass is 35.5. The highest BCUT2D eigenvalue weighted by Crippen LogP contribution is 2.28. The summed E-state index contributed by atoms with van der Waals surface area (Å²) in [4.78, 5) is 22.0. The average molecular weight is 293 g/mol. The fourth-order valence-corrected chi connectivity index (χ4v) is 1.58. The summed E-state index contributed by atoms with van der Waals surface area (Å²) in [6.07, 6.45) is -1.67. The van der Waals surface area contributed by atoms with Gasteiger partial charge in [0, 0.05) is 5.56 Å². The number of aliphatic hydroxyl groups is 1. The maximum Gasteiger partial charge on any atom is 0.334 e. The summed E-state index contributed by atoms with van der Waals surface area (Å²) in [7, 11) is 0. The molecule has 0 aliphatic carbocycles. The van der Waals surface area contributed by atoms with Gasteiger partial charge in [0.25, 0.3) is 5.91 Å². The van der Waals surface area contributed by atoms with E-state index >= 15 is 0 Å². The number of nitrogens with two attached hydrogens (primary N) is 1. The molecule has 1 aromatic carbocycles. The number of halogens is 2. The van der Waals surface area contributed by atoms with E-state index < -0.39 is 24.5 Å². The minimum absolute atomic E-state index is 0.117. The number of hydrogen-bond acceptors (Lipinski definition) is 4. The van der Waals surface area contributed by atoms with Crippen LogP contribution in [-0.2, 0) is 4.79 Å². The molecule has 0 aliphatic rings. The first kappa shape index (κ1) is 14.6. The number of carboxylic acid groups (broad SMARTS) is 1. The van der Waals surface area contributed by atoms with Gasteiger partial charge in [-0.15, -0.1) is 0 Å². The van der Waals surface area contributed by atoms with Gasteiger partial charge in [-0.25, -0.2) is 4.79 Å². The largest absolute Gasteiger partial charge is 0.479 e. The van der Waals surface area contributed by atoms with Gasteiger partial charge >= 0.3 is 5.97 Å². The summed E-state index contributed by atoms with van der Waals surface area (Å²) in [5.74, 6) is -2.04. The first-order valence-corrected chi connectivity index (χ1v) is 5.52. The Balaban J connectivity index is 2.76. The number of aliphatic hydroxyl groups excluding tert-OH is 1. The Morgan fingerprint density at radius 2 is 1.83 bits per heavy atom. The molecule has 1 aromatic rings. The van der Waals surface area contributed by atoms with E-state index in [-0.39, 0.29) is 21.3 Å². The van der Waals surface area contributed by atoms with Gasteiger partial charge in [-0.2, -0.15) is 0 Å². The van der Waals surface area contributed by atoms with Crippen molar-refractivity contribution in [3.63, 3.8) is 0 Å². The molecule has 6 nitrogen and oxygen atoms in total. The lowest BCUT2D eigenvalue weighted by Crippen LogP contribution is -2.36. The zero-order valence-electron chi connectivity index (χ0n) is 8.98. The van der Waals surface area contributed by atoms with Gasteiger partial charge in [0.05, 0.1) is 22.3 Å². The Labute approximate surface area is 112 Å². The average Bonchev–Trinajstić information content (AvgIpc) is 2.31.